The lowest BCUT2D eigenvalue weighted by Crippen LogP contribution is -2.27. The first-order valence-electron chi connectivity index (χ1n) is 8.61. The summed E-state index contributed by atoms with van der Waals surface area (Å²) >= 11 is 0. The lowest BCUT2D eigenvalue weighted by molar-refractivity contribution is 0.171. The molecule has 0 unspecified atom stereocenters. The van der Waals surface area contributed by atoms with Crippen molar-refractivity contribution in [1.29, 1.82) is 0 Å². The van der Waals surface area contributed by atoms with E-state index < -0.39 is 10.0 Å². The number of nitrogens with zero attached hydrogens (tertiary/aromatic N) is 1. The number of sulfonamides is 1. The lowest BCUT2D eigenvalue weighted by atomic mass is 10.3. The average molecular weight is 389 g/mol. The van der Waals surface area contributed by atoms with Crippen molar-refractivity contribution >= 4 is 21.1 Å². The van der Waals surface area contributed by atoms with Crippen molar-refractivity contribution in [1.82, 2.24) is 14.3 Å². The van der Waals surface area contributed by atoms with E-state index in [-0.39, 0.29) is 17.1 Å². The van der Waals surface area contributed by atoms with Crippen LogP contribution in [0.15, 0.2) is 52.2 Å². The molecular formula is C18H19N3O5S. The first kappa shape index (κ1) is 17.6. The van der Waals surface area contributed by atoms with E-state index in [9.17, 15) is 13.2 Å². The van der Waals surface area contributed by atoms with Crippen molar-refractivity contribution < 1.29 is 17.9 Å². The van der Waals surface area contributed by atoms with Gasteiger partial charge in [-0.1, -0.05) is 12.1 Å². The summed E-state index contributed by atoms with van der Waals surface area (Å²) in [6.07, 6.45) is 0.478. The van der Waals surface area contributed by atoms with Crippen molar-refractivity contribution in [3.8, 4) is 11.5 Å². The largest absolute Gasteiger partial charge is 0.486 e. The summed E-state index contributed by atoms with van der Waals surface area (Å²) in [7, 11) is -3.67. The topological polar surface area (TPSA) is 102 Å². The lowest BCUT2D eigenvalue weighted by Gasteiger charge is -2.18. The van der Waals surface area contributed by atoms with Gasteiger partial charge in [-0.2, -0.15) is 0 Å². The van der Waals surface area contributed by atoms with Gasteiger partial charge in [-0.05, 0) is 30.7 Å². The summed E-state index contributed by atoms with van der Waals surface area (Å²) in [5, 5.41) is 0. The smallest absolute Gasteiger partial charge is 0.326 e. The maximum atomic E-state index is 12.5. The van der Waals surface area contributed by atoms with Gasteiger partial charge in [0.2, 0.25) is 10.0 Å². The molecule has 1 aliphatic heterocycles. The predicted octanol–water partition coefficient (Wildman–Crippen LogP) is 1.47. The normalized spacial score (nSPS) is 13.8. The standard InChI is InChI=1S/C18H19N3O5S/c22-18-20-14-4-1-2-5-15(14)21(18)9-3-8-19-27(23,24)13-6-7-16-17(12-13)26-11-10-25-16/h1-2,4-7,12,19H,3,8-11H2,(H,20,22). The summed E-state index contributed by atoms with van der Waals surface area (Å²) in [5.74, 6) is 0.966. The van der Waals surface area contributed by atoms with E-state index >= 15 is 0 Å². The Kier molecular flexibility index (Phi) is 4.63. The molecule has 4 rings (SSSR count). The molecule has 27 heavy (non-hydrogen) atoms. The quantitative estimate of drug-likeness (QED) is 0.622. The summed E-state index contributed by atoms with van der Waals surface area (Å²) in [4.78, 5) is 14.9. The van der Waals surface area contributed by atoms with Gasteiger partial charge in [0.05, 0.1) is 15.9 Å². The van der Waals surface area contributed by atoms with E-state index in [1.54, 1.807) is 10.6 Å². The zero-order chi connectivity index (χ0) is 18.9. The van der Waals surface area contributed by atoms with E-state index in [1.807, 2.05) is 24.3 Å². The highest BCUT2D eigenvalue weighted by Crippen LogP contribution is 2.32. The second-order valence-corrected chi connectivity index (χ2v) is 7.92. The van der Waals surface area contributed by atoms with Crippen LogP contribution in [0.5, 0.6) is 11.5 Å². The molecule has 0 saturated carbocycles. The Morgan fingerprint density at radius 2 is 1.85 bits per heavy atom. The number of aromatic amines is 1. The molecule has 2 N–H and O–H groups in total. The number of hydrogen-bond acceptors (Lipinski definition) is 5. The third-order valence-corrected chi connectivity index (χ3v) is 5.81. The Bertz CT molecular complexity index is 1130. The number of aryl methyl sites for hydroxylation is 1. The van der Waals surface area contributed by atoms with E-state index in [4.69, 9.17) is 9.47 Å². The van der Waals surface area contributed by atoms with Gasteiger partial charge in [0.1, 0.15) is 13.2 Å². The maximum Gasteiger partial charge on any atom is 0.326 e. The molecule has 8 nitrogen and oxygen atoms in total. The molecule has 0 bridgehead atoms. The first-order chi connectivity index (χ1) is 13.0. The molecule has 2 heterocycles. The predicted molar refractivity (Wildman–Crippen MR) is 99.8 cm³/mol. The summed E-state index contributed by atoms with van der Waals surface area (Å²) in [6, 6.07) is 11.9. The fourth-order valence-corrected chi connectivity index (χ4v) is 4.14. The van der Waals surface area contributed by atoms with Gasteiger partial charge in [0.25, 0.3) is 0 Å². The molecule has 0 spiro atoms. The minimum absolute atomic E-state index is 0.121. The number of nitrogens with one attached hydrogen (secondary N) is 2. The molecule has 1 aromatic heterocycles. The number of benzene rings is 2. The molecule has 3 aromatic rings. The number of para-hydroxylation sites is 2. The molecular weight excluding hydrogens is 370 g/mol. The zero-order valence-electron chi connectivity index (χ0n) is 14.5. The molecule has 0 atom stereocenters. The Balaban J connectivity index is 1.41. The van der Waals surface area contributed by atoms with Crippen LogP contribution in [-0.2, 0) is 16.6 Å². The number of ether oxygens (including phenoxy) is 2. The summed E-state index contributed by atoms with van der Waals surface area (Å²) < 4.78 is 40.0. The fraction of sp³-hybridized carbons (Fsp3) is 0.278. The Morgan fingerprint density at radius 1 is 1.07 bits per heavy atom. The Labute approximate surface area is 155 Å². The highest BCUT2D eigenvalue weighted by atomic mass is 32.2. The van der Waals surface area contributed by atoms with Gasteiger partial charge in [-0.15, -0.1) is 0 Å². The van der Waals surface area contributed by atoms with Crippen molar-refractivity contribution in [3.05, 3.63) is 52.9 Å². The van der Waals surface area contributed by atoms with Crippen LogP contribution in [0.4, 0.5) is 0 Å². The summed E-state index contributed by atoms with van der Waals surface area (Å²) in [5.41, 5.74) is 1.36. The highest BCUT2D eigenvalue weighted by Gasteiger charge is 2.19. The zero-order valence-corrected chi connectivity index (χ0v) is 15.3. The molecule has 0 radical (unpaired) electrons. The van der Waals surface area contributed by atoms with Crippen molar-refractivity contribution in [2.75, 3.05) is 19.8 Å². The molecule has 0 fully saturated rings. The molecule has 0 amide bonds. The maximum absolute atomic E-state index is 12.5. The molecule has 142 valence electrons. The number of hydrogen-bond donors (Lipinski definition) is 2. The second kappa shape index (κ2) is 7.09. The molecule has 0 aliphatic carbocycles. The third kappa shape index (κ3) is 3.56. The van der Waals surface area contributed by atoms with E-state index in [0.29, 0.717) is 37.7 Å². The molecule has 1 aliphatic rings. The number of fused-ring (bicyclic) bond motifs is 2. The van der Waals surface area contributed by atoms with Gasteiger partial charge < -0.3 is 14.5 Å². The third-order valence-electron chi connectivity index (χ3n) is 4.36. The van der Waals surface area contributed by atoms with Gasteiger partial charge in [0.15, 0.2) is 11.5 Å². The molecule has 2 aromatic carbocycles. The second-order valence-electron chi connectivity index (χ2n) is 6.16. The van der Waals surface area contributed by atoms with Crippen LogP contribution in [0.25, 0.3) is 11.0 Å². The minimum atomic E-state index is -3.67. The van der Waals surface area contributed by atoms with Crippen LogP contribution >= 0.6 is 0 Å². The van der Waals surface area contributed by atoms with E-state index in [2.05, 4.69) is 9.71 Å². The van der Waals surface area contributed by atoms with Crippen molar-refractivity contribution in [3.63, 3.8) is 0 Å². The monoisotopic (exact) mass is 389 g/mol. The Morgan fingerprint density at radius 3 is 2.70 bits per heavy atom. The minimum Gasteiger partial charge on any atom is -0.486 e. The van der Waals surface area contributed by atoms with E-state index in [0.717, 1.165) is 11.0 Å². The highest BCUT2D eigenvalue weighted by molar-refractivity contribution is 7.89. The Hall–Kier alpha value is -2.78. The van der Waals surface area contributed by atoms with Crippen LogP contribution in [-0.4, -0.2) is 37.7 Å². The number of rotatable bonds is 6. The average Bonchev–Trinajstić information content (AvgIpc) is 3.00. The number of imidazole rings is 1. The van der Waals surface area contributed by atoms with Crippen LogP contribution < -0.4 is 19.9 Å². The summed E-state index contributed by atoms with van der Waals surface area (Å²) in [6.45, 7) is 1.46. The molecule has 9 heteroatoms. The van der Waals surface area contributed by atoms with Crippen LogP contribution in [0.2, 0.25) is 0 Å². The first-order valence-corrected chi connectivity index (χ1v) is 10.1. The van der Waals surface area contributed by atoms with Crippen LogP contribution in [0.3, 0.4) is 0 Å². The van der Waals surface area contributed by atoms with Gasteiger partial charge in [-0.3, -0.25) is 4.57 Å². The fourth-order valence-electron chi connectivity index (χ4n) is 3.05. The molecule has 0 saturated heterocycles. The van der Waals surface area contributed by atoms with Gasteiger partial charge in [0, 0.05) is 19.2 Å². The van der Waals surface area contributed by atoms with Crippen LogP contribution in [0, 0.1) is 0 Å². The van der Waals surface area contributed by atoms with Crippen molar-refractivity contribution in [2.24, 2.45) is 0 Å². The SMILES string of the molecule is O=c1[nH]c2ccccc2n1CCCNS(=O)(=O)c1ccc2c(c1)OCCO2. The van der Waals surface area contributed by atoms with Crippen LogP contribution in [0.1, 0.15) is 6.42 Å². The number of aromatic nitrogens is 2. The van der Waals surface area contributed by atoms with E-state index in [1.165, 1.54) is 12.1 Å². The van der Waals surface area contributed by atoms with Gasteiger partial charge in [-0.25, -0.2) is 17.9 Å². The number of H-pyrrole nitrogens is 1. The van der Waals surface area contributed by atoms with Crippen molar-refractivity contribution in [2.45, 2.75) is 17.9 Å². The van der Waals surface area contributed by atoms with Gasteiger partial charge >= 0.3 is 5.69 Å².